The quantitative estimate of drug-likeness (QED) is 0.523. The van der Waals surface area contributed by atoms with Crippen LogP contribution < -0.4 is 9.47 Å². The molecule has 130 valence electrons. The van der Waals surface area contributed by atoms with Crippen LogP contribution in [0.1, 0.15) is 21.7 Å². The van der Waals surface area contributed by atoms with Gasteiger partial charge in [-0.05, 0) is 43.3 Å². The summed E-state index contributed by atoms with van der Waals surface area (Å²) in [6.07, 6.45) is 0. The largest absolute Gasteiger partial charge is 0.493 e. The molecule has 1 heterocycles. The number of carbonyl (C=O) groups is 1. The number of aromatic nitrogens is 1. The van der Waals surface area contributed by atoms with Crippen molar-refractivity contribution in [1.82, 2.24) is 5.16 Å². The van der Waals surface area contributed by atoms with Gasteiger partial charge in [0.15, 0.2) is 11.5 Å². The summed E-state index contributed by atoms with van der Waals surface area (Å²) in [5.41, 5.74) is 1.26. The van der Waals surface area contributed by atoms with Gasteiger partial charge in [-0.25, -0.2) is 9.18 Å². The van der Waals surface area contributed by atoms with Crippen LogP contribution in [0.5, 0.6) is 11.5 Å². The highest BCUT2D eigenvalue weighted by Crippen LogP contribution is 2.31. The highest BCUT2D eigenvalue weighted by molar-refractivity contribution is 5.98. The van der Waals surface area contributed by atoms with Gasteiger partial charge in [-0.2, -0.15) is 5.26 Å². The van der Waals surface area contributed by atoms with Crippen molar-refractivity contribution in [2.24, 2.45) is 0 Å². The van der Waals surface area contributed by atoms with Gasteiger partial charge in [-0.3, -0.25) is 0 Å². The summed E-state index contributed by atoms with van der Waals surface area (Å²) in [6, 6.07) is 11.9. The van der Waals surface area contributed by atoms with Crippen molar-refractivity contribution in [3.05, 3.63) is 65.2 Å². The van der Waals surface area contributed by atoms with Crippen molar-refractivity contribution in [1.29, 1.82) is 5.26 Å². The lowest BCUT2D eigenvalue weighted by Crippen LogP contribution is -2.11. The van der Waals surface area contributed by atoms with Crippen LogP contribution in [0.3, 0.4) is 0 Å². The minimum atomic E-state index is -0.703. The predicted octanol–water partition coefficient (Wildman–Crippen LogP) is 3.89. The summed E-state index contributed by atoms with van der Waals surface area (Å²) < 4.78 is 28.8. The maximum atomic E-state index is 13.1. The minimum Gasteiger partial charge on any atom is -0.493 e. The molecule has 0 spiro atoms. The monoisotopic (exact) mass is 352 g/mol. The summed E-state index contributed by atoms with van der Waals surface area (Å²) in [5.74, 6) is -0.439. The highest BCUT2D eigenvalue weighted by atomic mass is 19.1. The topological polar surface area (TPSA) is 85.4 Å². The van der Waals surface area contributed by atoms with Crippen molar-refractivity contribution >= 4 is 5.97 Å². The number of halogens is 1. The molecule has 0 saturated heterocycles. The van der Waals surface area contributed by atoms with E-state index in [2.05, 4.69) is 5.16 Å². The van der Waals surface area contributed by atoms with Gasteiger partial charge in [0.2, 0.25) is 0 Å². The first-order valence-corrected chi connectivity index (χ1v) is 7.56. The van der Waals surface area contributed by atoms with Crippen LogP contribution in [0, 0.1) is 24.1 Å². The van der Waals surface area contributed by atoms with Gasteiger partial charge in [0.25, 0.3) is 0 Å². The first kappa shape index (κ1) is 17.2. The Morgan fingerprint density at radius 2 is 1.92 bits per heavy atom. The number of hydrogen-bond acceptors (Lipinski definition) is 6. The number of nitrogens with zero attached hydrogens (tertiary/aromatic N) is 2. The van der Waals surface area contributed by atoms with Gasteiger partial charge in [0.1, 0.15) is 22.8 Å². The Morgan fingerprint density at radius 1 is 1.19 bits per heavy atom. The van der Waals surface area contributed by atoms with Gasteiger partial charge >= 0.3 is 5.97 Å². The number of rotatable bonds is 4. The fourth-order valence-corrected chi connectivity index (χ4v) is 2.39. The average Bonchev–Trinajstić information content (AvgIpc) is 3.04. The van der Waals surface area contributed by atoms with Crippen LogP contribution >= 0.6 is 0 Å². The third-order valence-corrected chi connectivity index (χ3v) is 3.68. The fraction of sp³-hybridized carbons (Fsp3) is 0.105. The van der Waals surface area contributed by atoms with Crippen molar-refractivity contribution in [2.75, 3.05) is 7.11 Å². The van der Waals surface area contributed by atoms with Gasteiger partial charge in [0.05, 0.1) is 18.7 Å². The Morgan fingerprint density at radius 3 is 2.58 bits per heavy atom. The summed E-state index contributed by atoms with van der Waals surface area (Å²) >= 11 is 0. The van der Waals surface area contributed by atoms with Gasteiger partial charge in [0, 0.05) is 11.6 Å². The number of esters is 1. The van der Waals surface area contributed by atoms with E-state index in [0.29, 0.717) is 11.1 Å². The van der Waals surface area contributed by atoms with Crippen LogP contribution in [0.15, 0.2) is 47.0 Å². The molecule has 3 rings (SSSR count). The van der Waals surface area contributed by atoms with E-state index in [4.69, 9.17) is 19.3 Å². The predicted molar refractivity (Wildman–Crippen MR) is 89.3 cm³/mol. The lowest BCUT2D eigenvalue weighted by Gasteiger charge is -2.09. The van der Waals surface area contributed by atoms with E-state index >= 15 is 0 Å². The summed E-state index contributed by atoms with van der Waals surface area (Å²) in [4.78, 5) is 12.7. The lowest BCUT2D eigenvalue weighted by molar-refractivity contribution is 0.0728. The molecule has 26 heavy (non-hydrogen) atoms. The Balaban J connectivity index is 1.96. The summed E-state index contributed by atoms with van der Waals surface area (Å²) in [6.45, 7) is 1.58. The SMILES string of the molecule is COc1cc(C#N)ccc1OC(=O)c1c(-c2ccc(F)cc2)noc1C. The molecule has 3 aromatic rings. The van der Waals surface area contributed by atoms with E-state index in [1.54, 1.807) is 6.92 Å². The van der Waals surface area contributed by atoms with Gasteiger partial charge in [-0.1, -0.05) is 5.16 Å². The lowest BCUT2D eigenvalue weighted by atomic mass is 10.1. The number of methoxy groups -OCH3 is 1. The molecule has 0 amide bonds. The smallest absolute Gasteiger partial charge is 0.349 e. The van der Waals surface area contributed by atoms with Crippen LogP contribution in [0.4, 0.5) is 4.39 Å². The van der Waals surface area contributed by atoms with Crippen molar-refractivity contribution in [3.63, 3.8) is 0 Å². The van der Waals surface area contributed by atoms with Gasteiger partial charge in [-0.15, -0.1) is 0 Å². The molecule has 0 radical (unpaired) electrons. The highest BCUT2D eigenvalue weighted by Gasteiger charge is 2.24. The molecule has 0 bridgehead atoms. The normalized spacial score (nSPS) is 10.2. The van der Waals surface area contributed by atoms with Crippen LogP contribution in [-0.2, 0) is 0 Å². The van der Waals surface area contributed by atoms with Gasteiger partial charge < -0.3 is 14.0 Å². The second-order valence-electron chi connectivity index (χ2n) is 5.34. The second-order valence-corrected chi connectivity index (χ2v) is 5.34. The molecule has 6 nitrogen and oxygen atoms in total. The number of nitriles is 1. The molecule has 0 unspecified atom stereocenters. The third-order valence-electron chi connectivity index (χ3n) is 3.68. The van der Waals surface area contributed by atoms with Crippen molar-refractivity contribution in [2.45, 2.75) is 6.92 Å². The van der Waals surface area contributed by atoms with Crippen LogP contribution in [-0.4, -0.2) is 18.2 Å². The Bertz CT molecular complexity index is 1000. The fourth-order valence-electron chi connectivity index (χ4n) is 2.39. The maximum absolute atomic E-state index is 13.1. The summed E-state index contributed by atoms with van der Waals surface area (Å²) in [7, 11) is 1.41. The first-order chi connectivity index (χ1) is 12.5. The molecule has 7 heteroatoms. The number of carbonyl (C=O) groups excluding carboxylic acids is 1. The standard InChI is InChI=1S/C19H13FN2O4/c1-11-17(18(22-26-11)13-4-6-14(20)7-5-13)19(23)25-15-8-3-12(10-21)9-16(15)24-2/h3-9H,1-2H3. The molecule has 0 aliphatic carbocycles. The number of hydrogen-bond donors (Lipinski definition) is 0. The second kappa shape index (κ2) is 7.07. The van der Waals surface area contributed by atoms with Crippen LogP contribution in [0.2, 0.25) is 0 Å². The Kier molecular flexibility index (Phi) is 4.67. The molecule has 1 aromatic heterocycles. The number of ether oxygens (including phenoxy) is 2. The Hall–Kier alpha value is -3.66. The number of benzene rings is 2. The van der Waals surface area contributed by atoms with Crippen LogP contribution in [0.25, 0.3) is 11.3 Å². The first-order valence-electron chi connectivity index (χ1n) is 7.56. The third kappa shape index (κ3) is 3.26. The summed E-state index contributed by atoms with van der Waals surface area (Å²) in [5, 5.41) is 12.8. The zero-order valence-corrected chi connectivity index (χ0v) is 13.9. The minimum absolute atomic E-state index is 0.128. The molecular formula is C19H13FN2O4. The molecule has 0 fully saturated rings. The van der Waals surface area contributed by atoms with E-state index < -0.39 is 11.8 Å². The molecule has 0 aliphatic rings. The molecule has 0 N–H and O–H groups in total. The Labute approximate surface area is 148 Å². The average molecular weight is 352 g/mol. The molecular weight excluding hydrogens is 339 g/mol. The maximum Gasteiger partial charge on any atom is 0.349 e. The van der Waals surface area contributed by atoms with Crippen molar-refractivity contribution < 1.29 is 23.2 Å². The molecule has 0 aliphatic heterocycles. The molecule has 2 aromatic carbocycles. The van der Waals surface area contributed by atoms with E-state index in [1.165, 1.54) is 49.6 Å². The molecule has 0 saturated carbocycles. The zero-order valence-electron chi connectivity index (χ0n) is 13.9. The van der Waals surface area contributed by atoms with E-state index in [0.717, 1.165) is 0 Å². The molecule has 0 atom stereocenters. The number of aryl methyl sites for hydroxylation is 1. The van der Waals surface area contributed by atoms with E-state index in [-0.39, 0.29) is 28.5 Å². The van der Waals surface area contributed by atoms with E-state index in [1.807, 2.05) is 6.07 Å². The van der Waals surface area contributed by atoms with Crippen molar-refractivity contribution in [3.8, 4) is 28.8 Å². The zero-order chi connectivity index (χ0) is 18.7. The van der Waals surface area contributed by atoms with E-state index in [9.17, 15) is 9.18 Å².